The molecule has 2 N–H and O–H groups in total. The van der Waals surface area contributed by atoms with Gasteiger partial charge in [0, 0.05) is 23.7 Å². The Balaban J connectivity index is 1.28. The van der Waals surface area contributed by atoms with Gasteiger partial charge in [0.15, 0.2) is 0 Å². The third-order valence-electron chi connectivity index (χ3n) is 5.74. The number of amides is 2. The van der Waals surface area contributed by atoms with Crippen LogP contribution >= 0.6 is 0 Å². The van der Waals surface area contributed by atoms with E-state index in [4.69, 9.17) is 0 Å². The van der Waals surface area contributed by atoms with Crippen LogP contribution < -0.4 is 10.6 Å². The van der Waals surface area contributed by atoms with Gasteiger partial charge >= 0.3 is 0 Å². The summed E-state index contributed by atoms with van der Waals surface area (Å²) in [7, 11) is 0. The molecule has 1 saturated carbocycles. The quantitative estimate of drug-likeness (QED) is 0.707. The predicted molar refractivity (Wildman–Crippen MR) is 110 cm³/mol. The van der Waals surface area contributed by atoms with Crippen molar-refractivity contribution in [1.29, 1.82) is 0 Å². The topological polar surface area (TPSA) is 58.2 Å². The Bertz CT molecular complexity index is 1070. The lowest BCUT2D eigenvalue weighted by atomic mass is 9.99. The lowest BCUT2D eigenvalue weighted by Gasteiger charge is -2.10. The van der Waals surface area contributed by atoms with Gasteiger partial charge in [-0.15, -0.1) is 0 Å². The first kappa shape index (κ1) is 17.0. The summed E-state index contributed by atoms with van der Waals surface area (Å²) in [5.41, 5.74) is 5.22. The van der Waals surface area contributed by atoms with E-state index < -0.39 is 0 Å². The van der Waals surface area contributed by atoms with Gasteiger partial charge in [-0.1, -0.05) is 36.4 Å². The minimum absolute atomic E-state index is 0.0540. The summed E-state index contributed by atoms with van der Waals surface area (Å²) in [6, 6.07) is 17.9. The van der Waals surface area contributed by atoms with E-state index in [0.717, 1.165) is 47.9 Å². The van der Waals surface area contributed by atoms with Crippen LogP contribution in [0.15, 0.2) is 54.6 Å². The number of hydrogen-bond donors (Lipinski definition) is 2. The van der Waals surface area contributed by atoms with Crippen LogP contribution in [0.4, 0.5) is 5.69 Å². The van der Waals surface area contributed by atoms with Gasteiger partial charge in [-0.05, 0) is 71.3 Å². The maximum absolute atomic E-state index is 12.8. The highest BCUT2D eigenvalue weighted by Crippen LogP contribution is 2.33. The second-order valence-electron chi connectivity index (χ2n) is 7.76. The first-order valence-electron chi connectivity index (χ1n) is 9.90. The Morgan fingerprint density at radius 2 is 1.64 bits per heavy atom. The highest BCUT2D eigenvalue weighted by Gasteiger charge is 2.29. The Hall–Kier alpha value is -3.14. The third kappa shape index (κ3) is 3.15. The molecule has 0 aliphatic heterocycles. The molecule has 0 aromatic heterocycles. The molecule has 4 heteroatoms. The van der Waals surface area contributed by atoms with E-state index in [2.05, 4.69) is 22.8 Å². The summed E-state index contributed by atoms with van der Waals surface area (Å²) in [5.74, 6) is 0.242. The predicted octanol–water partition coefficient (Wildman–Crippen LogP) is 4.22. The Kier molecular flexibility index (Phi) is 4.12. The highest BCUT2D eigenvalue weighted by molar-refractivity contribution is 6.09. The van der Waals surface area contributed by atoms with Crippen molar-refractivity contribution >= 4 is 28.3 Å². The van der Waals surface area contributed by atoms with E-state index in [-0.39, 0.29) is 17.7 Å². The molecule has 3 aromatic rings. The van der Waals surface area contributed by atoms with Crippen LogP contribution in [0.1, 0.15) is 39.9 Å². The normalized spacial score (nSPS) is 14.9. The molecule has 4 nitrogen and oxygen atoms in total. The van der Waals surface area contributed by atoms with Crippen LogP contribution in [0.25, 0.3) is 10.8 Å². The first-order chi connectivity index (χ1) is 13.7. The molecular formula is C24H22N2O2. The number of carbonyl (C=O) groups excluding carboxylic acids is 2. The van der Waals surface area contributed by atoms with Crippen LogP contribution in [0, 0.1) is 5.92 Å². The zero-order valence-electron chi connectivity index (χ0n) is 15.6. The van der Waals surface area contributed by atoms with Gasteiger partial charge in [-0.3, -0.25) is 9.59 Å². The number of anilines is 1. The van der Waals surface area contributed by atoms with E-state index in [1.54, 1.807) is 0 Å². The van der Waals surface area contributed by atoms with Crippen molar-refractivity contribution in [1.82, 2.24) is 5.32 Å². The molecule has 28 heavy (non-hydrogen) atoms. The third-order valence-corrected chi connectivity index (χ3v) is 5.74. The van der Waals surface area contributed by atoms with Crippen LogP contribution in [0.5, 0.6) is 0 Å². The molecule has 2 aliphatic rings. The zero-order valence-corrected chi connectivity index (χ0v) is 15.6. The summed E-state index contributed by atoms with van der Waals surface area (Å²) in [5, 5.41) is 8.26. The van der Waals surface area contributed by atoms with Crippen LogP contribution in [-0.4, -0.2) is 11.8 Å². The van der Waals surface area contributed by atoms with Crippen LogP contribution in [0.2, 0.25) is 0 Å². The largest absolute Gasteiger partial charge is 0.348 e. The van der Waals surface area contributed by atoms with Gasteiger partial charge in [0.25, 0.3) is 5.91 Å². The standard InChI is InChI=1S/C24H22N2O2/c27-23(18-8-9-18)26-19-11-4-15(5-12-19)14-25-24(28)21-13-10-17-7-6-16-2-1-3-20(21)22(16)17/h1-5,10-13,18H,6-9,14H2,(H,25,28)(H,26,27). The number of hydrogen-bond acceptors (Lipinski definition) is 2. The van der Waals surface area contributed by atoms with E-state index in [0.29, 0.717) is 6.54 Å². The number of aryl methyl sites for hydroxylation is 2. The minimum atomic E-state index is -0.0540. The summed E-state index contributed by atoms with van der Waals surface area (Å²) < 4.78 is 0. The fourth-order valence-corrected chi connectivity index (χ4v) is 4.02. The maximum atomic E-state index is 12.8. The lowest BCUT2D eigenvalue weighted by Crippen LogP contribution is -2.23. The van der Waals surface area contributed by atoms with Gasteiger partial charge in [-0.25, -0.2) is 0 Å². The molecule has 2 amide bonds. The zero-order chi connectivity index (χ0) is 19.1. The molecule has 2 aliphatic carbocycles. The molecule has 0 spiro atoms. The first-order valence-corrected chi connectivity index (χ1v) is 9.90. The van der Waals surface area contributed by atoms with Crippen molar-refractivity contribution in [2.75, 3.05) is 5.32 Å². The molecule has 0 radical (unpaired) electrons. The van der Waals surface area contributed by atoms with Gasteiger partial charge < -0.3 is 10.6 Å². The number of carbonyl (C=O) groups is 2. The lowest BCUT2D eigenvalue weighted by molar-refractivity contribution is -0.117. The molecule has 5 rings (SSSR count). The smallest absolute Gasteiger partial charge is 0.252 e. The molecule has 140 valence electrons. The molecule has 0 heterocycles. The average molecular weight is 370 g/mol. The van der Waals surface area contributed by atoms with Crippen molar-refractivity contribution in [3.63, 3.8) is 0 Å². The average Bonchev–Trinajstić information content (AvgIpc) is 3.49. The molecule has 0 unspecified atom stereocenters. The molecular weight excluding hydrogens is 348 g/mol. The molecule has 1 fully saturated rings. The SMILES string of the molecule is O=C(NCc1ccc(NC(=O)C2CC2)cc1)c1ccc2c3c(cccc13)CC2. The van der Waals surface area contributed by atoms with Gasteiger partial charge in [0.05, 0.1) is 0 Å². The summed E-state index contributed by atoms with van der Waals surface area (Å²) in [4.78, 5) is 24.6. The summed E-state index contributed by atoms with van der Waals surface area (Å²) >= 11 is 0. The van der Waals surface area contributed by atoms with E-state index >= 15 is 0 Å². The van der Waals surface area contributed by atoms with Crippen molar-refractivity contribution < 1.29 is 9.59 Å². The van der Waals surface area contributed by atoms with E-state index in [1.807, 2.05) is 42.5 Å². The van der Waals surface area contributed by atoms with Crippen molar-refractivity contribution in [3.8, 4) is 0 Å². The fraction of sp³-hybridized carbons (Fsp3) is 0.250. The van der Waals surface area contributed by atoms with Gasteiger partial charge in [0.1, 0.15) is 0 Å². The monoisotopic (exact) mass is 370 g/mol. The van der Waals surface area contributed by atoms with Gasteiger partial charge in [0.2, 0.25) is 5.91 Å². The number of rotatable bonds is 5. The molecule has 0 atom stereocenters. The van der Waals surface area contributed by atoms with E-state index in [9.17, 15) is 9.59 Å². The molecule has 0 saturated heterocycles. The second kappa shape index (κ2) is 6.79. The molecule has 0 bridgehead atoms. The second-order valence-corrected chi connectivity index (χ2v) is 7.76. The highest BCUT2D eigenvalue weighted by atomic mass is 16.2. The minimum Gasteiger partial charge on any atom is -0.348 e. The van der Waals surface area contributed by atoms with Crippen molar-refractivity contribution in [3.05, 3.63) is 76.9 Å². The maximum Gasteiger partial charge on any atom is 0.252 e. The summed E-state index contributed by atoms with van der Waals surface area (Å²) in [6.45, 7) is 0.457. The fourth-order valence-electron chi connectivity index (χ4n) is 4.02. The van der Waals surface area contributed by atoms with Crippen molar-refractivity contribution in [2.45, 2.75) is 32.2 Å². The number of benzene rings is 3. The summed E-state index contributed by atoms with van der Waals surface area (Å²) in [6.07, 6.45) is 4.10. The van der Waals surface area contributed by atoms with Gasteiger partial charge in [-0.2, -0.15) is 0 Å². The molecule has 3 aromatic carbocycles. The van der Waals surface area contributed by atoms with Crippen molar-refractivity contribution in [2.24, 2.45) is 5.92 Å². The Labute approximate surface area is 164 Å². The Morgan fingerprint density at radius 1 is 0.893 bits per heavy atom. The number of nitrogens with one attached hydrogen (secondary N) is 2. The van der Waals surface area contributed by atoms with Crippen LogP contribution in [-0.2, 0) is 24.2 Å². The van der Waals surface area contributed by atoms with Crippen LogP contribution in [0.3, 0.4) is 0 Å². The van der Waals surface area contributed by atoms with E-state index in [1.165, 1.54) is 16.5 Å². The Morgan fingerprint density at radius 3 is 2.39 bits per heavy atom.